The number of ether oxygens (including phenoxy) is 2. The van der Waals surface area contributed by atoms with Gasteiger partial charge in [0.1, 0.15) is 12.4 Å². The molecular weight excluding hydrogens is 274 g/mol. The highest BCUT2D eigenvalue weighted by atomic mass is 35.5. The van der Waals surface area contributed by atoms with Gasteiger partial charge in [-0.2, -0.15) is 0 Å². The van der Waals surface area contributed by atoms with Gasteiger partial charge in [0.25, 0.3) is 0 Å². The molecule has 20 heavy (non-hydrogen) atoms. The lowest BCUT2D eigenvalue weighted by molar-refractivity contribution is -0.0164. The van der Waals surface area contributed by atoms with Crippen LogP contribution in [-0.2, 0) is 11.3 Å². The molecule has 1 aromatic carbocycles. The zero-order valence-electron chi connectivity index (χ0n) is 12.5. The smallest absolute Gasteiger partial charge is 0.125 e. The van der Waals surface area contributed by atoms with E-state index in [0.29, 0.717) is 19.3 Å². The van der Waals surface area contributed by atoms with Gasteiger partial charge >= 0.3 is 0 Å². The van der Waals surface area contributed by atoms with E-state index in [1.165, 1.54) is 12.8 Å². The molecule has 0 saturated heterocycles. The molecule has 0 spiro atoms. The van der Waals surface area contributed by atoms with Crippen LogP contribution in [0.3, 0.4) is 0 Å². The van der Waals surface area contributed by atoms with Gasteiger partial charge in [0, 0.05) is 23.2 Å². The van der Waals surface area contributed by atoms with Crippen molar-refractivity contribution in [2.24, 2.45) is 0 Å². The minimum Gasteiger partial charge on any atom is -0.491 e. The maximum Gasteiger partial charge on any atom is 0.125 e. The second kappa shape index (κ2) is 6.79. The van der Waals surface area contributed by atoms with Crippen LogP contribution in [0.4, 0.5) is 0 Å². The molecule has 0 radical (unpaired) electrons. The lowest BCUT2D eigenvalue weighted by Crippen LogP contribution is -2.23. The molecule has 3 nitrogen and oxygen atoms in total. The predicted octanol–water partition coefficient (Wildman–Crippen LogP) is 3.79. The fraction of sp³-hybridized carbons (Fsp3) is 0.625. The van der Waals surface area contributed by atoms with E-state index in [1.54, 1.807) is 0 Å². The van der Waals surface area contributed by atoms with Crippen LogP contribution in [0.2, 0.25) is 5.02 Å². The van der Waals surface area contributed by atoms with Gasteiger partial charge in [0.2, 0.25) is 0 Å². The fourth-order valence-electron chi connectivity index (χ4n) is 1.88. The molecule has 1 aliphatic carbocycles. The van der Waals surface area contributed by atoms with Gasteiger partial charge in [0.15, 0.2) is 0 Å². The van der Waals surface area contributed by atoms with E-state index in [9.17, 15) is 0 Å². The van der Waals surface area contributed by atoms with Crippen LogP contribution >= 0.6 is 11.6 Å². The van der Waals surface area contributed by atoms with Gasteiger partial charge in [0.05, 0.1) is 12.2 Å². The number of benzene rings is 1. The second-order valence-corrected chi connectivity index (χ2v) is 6.59. The molecular formula is C16H24ClNO2. The molecule has 2 rings (SSSR count). The Kier molecular flexibility index (Phi) is 5.30. The third kappa shape index (κ3) is 5.31. The summed E-state index contributed by atoms with van der Waals surface area (Å²) in [6.07, 6.45) is 2.53. The van der Waals surface area contributed by atoms with Crippen LogP contribution in [0.1, 0.15) is 39.2 Å². The summed E-state index contributed by atoms with van der Waals surface area (Å²) < 4.78 is 11.5. The van der Waals surface area contributed by atoms with Crippen molar-refractivity contribution in [3.05, 3.63) is 28.8 Å². The van der Waals surface area contributed by atoms with Crippen molar-refractivity contribution in [3.63, 3.8) is 0 Å². The highest BCUT2D eigenvalue weighted by Crippen LogP contribution is 2.28. The first-order valence-corrected chi connectivity index (χ1v) is 7.61. The molecule has 1 fully saturated rings. The molecule has 0 amide bonds. The molecule has 1 aromatic rings. The maximum atomic E-state index is 6.27. The number of nitrogens with one attached hydrogen (secondary N) is 1. The Labute approximate surface area is 126 Å². The van der Waals surface area contributed by atoms with E-state index in [0.717, 1.165) is 22.9 Å². The van der Waals surface area contributed by atoms with Crippen molar-refractivity contribution in [1.82, 2.24) is 5.32 Å². The van der Waals surface area contributed by atoms with Crippen molar-refractivity contribution < 1.29 is 9.47 Å². The van der Waals surface area contributed by atoms with Crippen LogP contribution in [0.5, 0.6) is 5.75 Å². The lowest BCUT2D eigenvalue weighted by Gasteiger charge is -2.20. The summed E-state index contributed by atoms with van der Waals surface area (Å²) >= 11 is 6.27. The summed E-state index contributed by atoms with van der Waals surface area (Å²) in [5, 5.41) is 4.23. The van der Waals surface area contributed by atoms with Crippen LogP contribution in [0.25, 0.3) is 0 Å². The van der Waals surface area contributed by atoms with E-state index in [1.807, 2.05) is 39.0 Å². The van der Waals surface area contributed by atoms with E-state index < -0.39 is 0 Å². The Morgan fingerprint density at radius 1 is 1.25 bits per heavy atom. The molecule has 0 unspecified atom stereocenters. The highest BCUT2D eigenvalue weighted by molar-refractivity contribution is 6.31. The third-order valence-electron chi connectivity index (χ3n) is 3.10. The number of hydrogen-bond donors (Lipinski definition) is 1. The Morgan fingerprint density at radius 3 is 2.65 bits per heavy atom. The molecule has 0 aliphatic heterocycles. The van der Waals surface area contributed by atoms with Gasteiger partial charge in [-0.3, -0.25) is 0 Å². The van der Waals surface area contributed by atoms with Crippen LogP contribution in [-0.4, -0.2) is 24.9 Å². The SMILES string of the molecule is CC(C)(C)OCCOc1cccc(Cl)c1CNC1CC1. The summed E-state index contributed by atoms with van der Waals surface area (Å²) in [5.41, 5.74) is 0.908. The zero-order valence-corrected chi connectivity index (χ0v) is 13.3. The highest BCUT2D eigenvalue weighted by Gasteiger charge is 2.21. The van der Waals surface area contributed by atoms with E-state index >= 15 is 0 Å². The quantitative estimate of drug-likeness (QED) is 0.777. The minimum atomic E-state index is -0.131. The second-order valence-electron chi connectivity index (χ2n) is 6.18. The van der Waals surface area contributed by atoms with Gasteiger partial charge in [-0.25, -0.2) is 0 Å². The standard InChI is InChI=1S/C16H24ClNO2/c1-16(2,3)20-10-9-19-15-6-4-5-14(17)13(15)11-18-12-7-8-12/h4-6,12,18H,7-11H2,1-3H3. The molecule has 112 valence electrons. The molecule has 1 N–H and O–H groups in total. The molecule has 0 bridgehead atoms. The Balaban J connectivity index is 1.87. The molecule has 0 atom stereocenters. The summed E-state index contributed by atoms with van der Waals surface area (Å²) in [7, 11) is 0. The van der Waals surface area contributed by atoms with E-state index in [-0.39, 0.29) is 5.60 Å². The molecule has 4 heteroatoms. The number of hydrogen-bond acceptors (Lipinski definition) is 3. The number of rotatable bonds is 7. The van der Waals surface area contributed by atoms with Gasteiger partial charge in [-0.15, -0.1) is 0 Å². The minimum absolute atomic E-state index is 0.131. The first-order valence-electron chi connectivity index (χ1n) is 7.23. The normalized spacial score (nSPS) is 15.4. The van der Waals surface area contributed by atoms with E-state index in [4.69, 9.17) is 21.1 Å². The zero-order chi connectivity index (χ0) is 14.6. The van der Waals surface area contributed by atoms with E-state index in [2.05, 4.69) is 5.32 Å². The topological polar surface area (TPSA) is 30.5 Å². The van der Waals surface area contributed by atoms with Gasteiger partial charge < -0.3 is 14.8 Å². The monoisotopic (exact) mass is 297 g/mol. The molecule has 0 aromatic heterocycles. The molecule has 1 saturated carbocycles. The summed E-state index contributed by atoms with van der Waals surface area (Å²) in [6.45, 7) is 7.99. The van der Waals surface area contributed by atoms with Crippen LogP contribution in [0, 0.1) is 0 Å². The first-order chi connectivity index (χ1) is 9.46. The van der Waals surface area contributed by atoms with Gasteiger partial charge in [-0.05, 0) is 45.7 Å². The largest absolute Gasteiger partial charge is 0.491 e. The fourth-order valence-corrected chi connectivity index (χ4v) is 2.11. The maximum absolute atomic E-state index is 6.27. The van der Waals surface area contributed by atoms with Crippen molar-refractivity contribution in [3.8, 4) is 5.75 Å². The van der Waals surface area contributed by atoms with Crippen molar-refractivity contribution >= 4 is 11.6 Å². The van der Waals surface area contributed by atoms with Gasteiger partial charge in [-0.1, -0.05) is 17.7 Å². The summed E-state index contributed by atoms with van der Waals surface area (Å²) in [6, 6.07) is 6.45. The van der Waals surface area contributed by atoms with Crippen molar-refractivity contribution in [1.29, 1.82) is 0 Å². The lowest BCUT2D eigenvalue weighted by atomic mass is 10.2. The molecule has 0 heterocycles. The van der Waals surface area contributed by atoms with Crippen molar-refractivity contribution in [2.45, 2.75) is 51.8 Å². The van der Waals surface area contributed by atoms with Crippen molar-refractivity contribution in [2.75, 3.05) is 13.2 Å². The van der Waals surface area contributed by atoms with Crippen LogP contribution in [0.15, 0.2) is 18.2 Å². The predicted molar refractivity (Wildman–Crippen MR) is 82.5 cm³/mol. The Morgan fingerprint density at radius 2 is 2.00 bits per heavy atom. The Hall–Kier alpha value is -0.770. The third-order valence-corrected chi connectivity index (χ3v) is 3.45. The average molecular weight is 298 g/mol. The summed E-state index contributed by atoms with van der Waals surface area (Å²) in [4.78, 5) is 0. The first kappa shape index (κ1) is 15.6. The average Bonchev–Trinajstić information content (AvgIpc) is 3.16. The van der Waals surface area contributed by atoms with Crippen LogP contribution < -0.4 is 10.1 Å². The summed E-state index contributed by atoms with van der Waals surface area (Å²) in [5.74, 6) is 0.850. The Bertz CT molecular complexity index is 439. The number of halogens is 1. The molecule has 1 aliphatic rings.